The number of hydrogen-bond donors (Lipinski definition) is 1. The fraction of sp³-hybridized carbons (Fsp3) is 0.429. The first kappa shape index (κ1) is 13.4. The normalized spacial score (nSPS) is 16.5. The zero-order valence-corrected chi connectivity index (χ0v) is 11.3. The molecule has 0 aromatic heterocycles. The Kier molecular flexibility index (Phi) is 3.74. The van der Waals surface area contributed by atoms with Crippen molar-refractivity contribution in [3.05, 3.63) is 23.3 Å². The Morgan fingerprint density at radius 3 is 2.79 bits per heavy atom. The third kappa shape index (κ3) is 2.54. The largest absolute Gasteiger partial charge is 0.489 e. The van der Waals surface area contributed by atoms with Gasteiger partial charge in [-0.1, -0.05) is 6.92 Å². The highest BCUT2D eigenvalue weighted by Crippen LogP contribution is 2.39. The second-order valence-electron chi connectivity index (χ2n) is 4.49. The minimum absolute atomic E-state index is 0.0355. The Balaban J connectivity index is 2.46. The summed E-state index contributed by atoms with van der Waals surface area (Å²) in [6, 6.07) is 3.34. The van der Waals surface area contributed by atoms with E-state index in [4.69, 9.17) is 9.47 Å². The van der Waals surface area contributed by atoms with E-state index in [1.165, 1.54) is 14.0 Å². The molecule has 5 heteroatoms. The molecule has 1 heterocycles. The van der Waals surface area contributed by atoms with E-state index in [-0.39, 0.29) is 12.0 Å². The number of carbonyl (C=O) groups is 2. The zero-order chi connectivity index (χ0) is 14.0. The van der Waals surface area contributed by atoms with Crippen LogP contribution < -0.4 is 10.1 Å². The number of methoxy groups -OCH3 is 1. The molecule has 1 aliphatic rings. The van der Waals surface area contributed by atoms with Gasteiger partial charge in [-0.3, -0.25) is 4.79 Å². The Morgan fingerprint density at radius 2 is 2.21 bits per heavy atom. The van der Waals surface area contributed by atoms with Crippen LogP contribution in [-0.4, -0.2) is 25.1 Å². The summed E-state index contributed by atoms with van der Waals surface area (Å²) >= 11 is 0. The van der Waals surface area contributed by atoms with E-state index in [0.29, 0.717) is 23.4 Å². The van der Waals surface area contributed by atoms with Crippen LogP contribution in [0.25, 0.3) is 0 Å². The number of nitrogens with one attached hydrogen (secondary N) is 1. The van der Waals surface area contributed by atoms with Crippen LogP contribution >= 0.6 is 0 Å². The van der Waals surface area contributed by atoms with E-state index in [9.17, 15) is 9.59 Å². The average molecular weight is 263 g/mol. The van der Waals surface area contributed by atoms with Crippen molar-refractivity contribution >= 4 is 17.6 Å². The van der Waals surface area contributed by atoms with Gasteiger partial charge in [-0.2, -0.15) is 0 Å². The maximum absolute atomic E-state index is 11.7. The molecule has 1 N–H and O–H groups in total. The van der Waals surface area contributed by atoms with E-state index in [1.54, 1.807) is 12.1 Å². The number of esters is 1. The first-order chi connectivity index (χ1) is 9.06. The Morgan fingerprint density at radius 1 is 1.47 bits per heavy atom. The number of carbonyl (C=O) groups excluding carboxylic acids is 2. The van der Waals surface area contributed by atoms with Crippen LogP contribution in [0.2, 0.25) is 0 Å². The van der Waals surface area contributed by atoms with Crippen molar-refractivity contribution < 1.29 is 19.1 Å². The van der Waals surface area contributed by atoms with Gasteiger partial charge < -0.3 is 14.8 Å². The number of fused-ring (bicyclic) bond motifs is 1. The van der Waals surface area contributed by atoms with E-state index >= 15 is 0 Å². The molecule has 0 saturated heterocycles. The quantitative estimate of drug-likeness (QED) is 0.849. The zero-order valence-electron chi connectivity index (χ0n) is 11.3. The van der Waals surface area contributed by atoms with Gasteiger partial charge in [0.25, 0.3) is 0 Å². The summed E-state index contributed by atoms with van der Waals surface area (Å²) in [6.07, 6.45) is 1.56. The van der Waals surface area contributed by atoms with Crippen LogP contribution in [-0.2, 0) is 16.0 Å². The molecule has 1 aromatic rings. The number of benzene rings is 1. The summed E-state index contributed by atoms with van der Waals surface area (Å²) in [4.78, 5) is 22.9. The third-order valence-corrected chi connectivity index (χ3v) is 3.15. The summed E-state index contributed by atoms with van der Waals surface area (Å²) in [5.74, 6) is -0.0414. The van der Waals surface area contributed by atoms with Crippen molar-refractivity contribution in [2.24, 2.45) is 0 Å². The van der Waals surface area contributed by atoms with Crippen molar-refractivity contribution in [2.75, 3.05) is 12.4 Å². The van der Waals surface area contributed by atoms with Gasteiger partial charge in [-0.05, 0) is 18.6 Å². The molecule has 1 unspecified atom stereocenters. The molecule has 1 aliphatic heterocycles. The number of rotatable bonds is 3. The molecule has 0 spiro atoms. The molecule has 1 aromatic carbocycles. The molecule has 0 fully saturated rings. The van der Waals surface area contributed by atoms with Crippen LogP contribution in [0.3, 0.4) is 0 Å². The van der Waals surface area contributed by atoms with E-state index in [1.807, 2.05) is 6.92 Å². The van der Waals surface area contributed by atoms with Crippen LogP contribution in [0.1, 0.15) is 36.2 Å². The molecule has 0 radical (unpaired) electrons. The second kappa shape index (κ2) is 5.30. The van der Waals surface area contributed by atoms with Gasteiger partial charge in [0.2, 0.25) is 5.91 Å². The SMILES string of the molecule is CCC1Cc2c(NC(C)=O)ccc(C(=O)OC)c2O1. The first-order valence-corrected chi connectivity index (χ1v) is 6.25. The molecule has 0 saturated carbocycles. The highest BCUT2D eigenvalue weighted by molar-refractivity contribution is 5.96. The smallest absolute Gasteiger partial charge is 0.341 e. The van der Waals surface area contributed by atoms with Crippen molar-refractivity contribution in [3.8, 4) is 5.75 Å². The lowest BCUT2D eigenvalue weighted by atomic mass is 10.0. The number of anilines is 1. The van der Waals surface area contributed by atoms with Crippen molar-refractivity contribution in [1.82, 2.24) is 0 Å². The molecular formula is C14H17NO4. The van der Waals surface area contributed by atoms with Gasteiger partial charge in [0.05, 0.1) is 7.11 Å². The van der Waals surface area contributed by atoms with Crippen LogP contribution in [0.15, 0.2) is 12.1 Å². The first-order valence-electron chi connectivity index (χ1n) is 6.25. The monoisotopic (exact) mass is 263 g/mol. The predicted octanol–water partition coefficient (Wildman–Crippen LogP) is 2.15. The van der Waals surface area contributed by atoms with E-state index < -0.39 is 5.97 Å². The maximum atomic E-state index is 11.7. The van der Waals surface area contributed by atoms with Gasteiger partial charge in [-0.15, -0.1) is 0 Å². The second-order valence-corrected chi connectivity index (χ2v) is 4.49. The standard InChI is InChI=1S/C14H17NO4/c1-4-9-7-11-12(15-8(2)16)6-5-10(13(11)19-9)14(17)18-3/h5-6,9H,4,7H2,1-3H3,(H,15,16). The molecule has 1 atom stereocenters. The van der Waals surface area contributed by atoms with Crippen molar-refractivity contribution in [2.45, 2.75) is 32.8 Å². The number of hydrogen-bond acceptors (Lipinski definition) is 4. The molecule has 0 aliphatic carbocycles. The number of amides is 1. The maximum Gasteiger partial charge on any atom is 0.341 e. The molecular weight excluding hydrogens is 246 g/mol. The molecule has 19 heavy (non-hydrogen) atoms. The Hall–Kier alpha value is -2.04. The lowest BCUT2D eigenvalue weighted by Crippen LogP contribution is -2.11. The minimum Gasteiger partial charge on any atom is -0.489 e. The van der Waals surface area contributed by atoms with Crippen LogP contribution in [0.5, 0.6) is 5.75 Å². The Labute approximate surface area is 111 Å². The highest BCUT2D eigenvalue weighted by Gasteiger charge is 2.29. The molecule has 1 amide bonds. The molecule has 2 rings (SSSR count). The summed E-state index contributed by atoms with van der Waals surface area (Å²) in [7, 11) is 1.34. The summed E-state index contributed by atoms with van der Waals surface area (Å²) < 4.78 is 10.5. The minimum atomic E-state index is -0.428. The lowest BCUT2D eigenvalue weighted by Gasteiger charge is -2.11. The van der Waals surface area contributed by atoms with Gasteiger partial charge in [0.1, 0.15) is 17.4 Å². The predicted molar refractivity (Wildman–Crippen MR) is 70.5 cm³/mol. The van der Waals surface area contributed by atoms with Crippen molar-refractivity contribution in [3.63, 3.8) is 0 Å². The Bertz CT molecular complexity index is 524. The lowest BCUT2D eigenvalue weighted by molar-refractivity contribution is -0.114. The van der Waals surface area contributed by atoms with Gasteiger partial charge in [-0.25, -0.2) is 4.79 Å². The van der Waals surface area contributed by atoms with Gasteiger partial charge in [0.15, 0.2) is 0 Å². The fourth-order valence-corrected chi connectivity index (χ4v) is 2.21. The van der Waals surface area contributed by atoms with Crippen molar-refractivity contribution in [1.29, 1.82) is 0 Å². The summed E-state index contributed by atoms with van der Waals surface area (Å²) in [6.45, 7) is 3.47. The van der Waals surface area contributed by atoms with Gasteiger partial charge >= 0.3 is 5.97 Å². The topological polar surface area (TPSA) is 64.6 Å². The van der Waals surface area contributed by atoms with E-state index in [0.717, 1.165) is 12.0 Å². The highest BCUT2D eigenvalue weighted by atomic mass is 16.5. The molecule has 5 nitrogen and oxygen atoms in total. The summed E-state index contributed by atoms with van der Waals surface area (Å²) in [5, 5.41) is 2.76. The molecule has 0 bridgehead atoms. The van der Waals surface area contributed by atoms with Crippen LogP contribution in [0.4, 0.5) is 5.69 Å². The van der Waals surface area contributed by atoms with Gasteiger partial charge in [0, 0.05) is 24.6 Å². The summed E-state index contributed by atoms with van der Waals surface area (Å²) in [5.41, 5.74) is 1.97. The third-order valence-electron chi connectivity index (χ3n) is 3.15. The number of ether oxygens (including phenoxy) is 2. The van der Waals surface area contributed by atoms with Crippen LogP contribution in [0, 0.1) is 0 Å². The fourth-order valence-electron chi connectivity index (χ4n) is 2.21. The molecule has 102 valence electrons. The van der Waals surface area contributed by atoms with E-state index in [2.05, 4.69) is 5.32 Å². The average Bonchev–Trinajstić information content (AvgIpc) is 2.82.